The lowest BCUT2D eigenvalue weighted by molar-refractivity contribution is -0.0290. The summed E-state index contributed by atoms with van der Waals surface area (Å²) in [6, 6.07) is -0.255. The minimum atomic E-state index is -0.675. The summed E-state index contributed by atoms with van der Waals surface area (Å²) in [7, 11) is 1.83. The third kappa shape index (κ3) is 3.20. The Morgan fingerprint density at radius 1 is 1.59 bits per heavy atom. The Labute approximate surface area is 100 Å². The molecule has 1 fully saturated rings. The fraction of sp³-hybridized carbons (Fsp3) is 0.636. The van der Waals surface area contributed by atoms with Crippen molar-refractivity contribution in [1.29, 1.82) is 0 Å². The Balaban J connectivity index is 1.67. The number of aryl methyl sites for hydroxylation is 1. The van der Waals surface area contributed by atoms with Gasteiger partial charge in [-0.3, -0.25) is 4.68 Å². The predicted molar refractivity (Wildman–Crippen MR) is 62.2 cm³/mol. The van der Waals surface area contributed by atoms with E-state index in [4.69, 9.17) is 0 Å². The summed E-state index contributed by atoms with van der Waals surface area (Å²) in [5.74, 6) is 0. The molecule has 94 valence electrons. The van der Waals surface area contributed by atoms with Crippen LogP contribution < -0.4 is 10.6 Å². The van der Waals surface area contributed by atoms with Gasteiger partial charge >= 0.3 is 6.03 Å². The highest BCUT2D eigenvalue weighted by Crippen LogP contribution is 2.30. The van der Waals surface area contributed by atoms with E-state index in [1.807, 2.05) is 13.2 Å². The summed E-state index contributed by atoms with van der Waals surface area (Å²) in [5, 5.41) is 19.2. The van der Waals surface area contributed by atoms with Gasteiger partial charge in [0.1, 0.15) is 0 Å². The van der Waals surface area contributed by atoms with E-state index in [9.17, 15) is 9.90 Å². The van der Waals surface area contributed by atoms with Crippen molar-refractivity contribution in [3.05, 3.63) is 18.0 Å². The molecule has 0 spiro atoms. The SMILES string of the molecule is Cn1cc(CNC(=O)NCC2(O)CCC2)cn1. The number of nitrogens with zero attached hydrogens (tertiary/aromatic N) is 2. The molecule has 17 heavy (non-hydrogen) atoms. The zero-order valence-electron chi connectivity index (χ0n) is 9.94. The van der Waals surface area contributed by atoms with E-state index in [1.165, 1.54) is 0 Å². The van der Waals surface area contributed by atoms with Gasteiger partial charge in [0.15, 0.2) is 0 Å². The molecule has 0 radical (unpaired) electrons. The molecule has 1 aromatic rings. The highest BCUT2D eigenvalue weighted by molar-refractivity contribution is 5.73. The number of urea groups is 1. The van der Waals surface area contributed by atoms with E-state index in [0.717, 1.165) is 24.8 Å². The van der Waals surface area contributed by atoms with Crippen molar-refractivity contribution in [3.63, 3.8) is 0 Å². The molecule has 0 bridgehead atoms. The minimum Gasteiger partial charge on any atom is -0.388 e. The molecule has 6 nitrogen and oxygen atoms in total. The van der Waals surface area contributed by atoms with Crippen LogP contribution in [0.15, 0.2) is 12.4 Å². The smallest absolute Gasteiger partial charge is 0.315 e. The minimum absolute atomic E-state index is 0.255. The molecule has 0 saturated heterocycles. The Morgan fingerprint density at radius 2 is 2.35 bits per heavy atom. The fourth-order valence-electron chi connectivity index (χ4n) is 1.81. The Bertz CT molecular complexity index is 398. The van der Waals surface area contributed by atoms with Crippen molar-refractivity contribution >= 4 is 6.03 Å². The maximum atomic E-state index is 11.4. The molecule has 3 N–H and O–H groups in total. The van der Waals surface area contributed by atoms with Gasteiger partial charge in [-0.15, -0.1) is 0 Å². The average molecular weight is 238 g/mol. The van der Waals surface area contributed by atoms with Crippen LogP contribution in [0.2, 0.25) is 0 Å². The monoisotopic (exact) mass is 238 g/mol. The fourth-order valence-corrected chi connectivity index (χ4v) is 1.81. The Hall–Kier alpha value is -1.56. The lowest BCUT2D eigenvalue weighted by atomic mass is 9.80. The van der Waals surface area contributed by atoms with Gasteiger partial charge in [0.05, 0.1) is 11.8 Å². The summed E-state index contributed by atoms with van der Waals surface area (Å²) in [5.41, 5.74) is 0.274. The van der Waals surface area contributed by atoms with Crippen molar-refractivity contribution in [3.8, 4) is 0 Å². The van der Waals surface area contributed by atoms with Crippen LogP contribution in [0.4, 0.5) is 4.79 Å². The Morgan fingerprint density at radius 3 is 2.88 bits per heavy atom. The van der Waals surface area contributed by atoms with E-state index in [-0.39, 0.29) is 6.03 Å². The lowest BCUT2D eigenvalue weighted by Gasteiger charge is -2.36. The number of carbonyl (C=O) groups is 1. The van der Waals surface area contributed by atoms with Crippen LogP contribution in [0.1, 0.15) is 24.8 Å². The second-order valence-electron chi connectivity index (χ2n) is 4.64. The van der Waals surface area contributed by atoms with Crippen molar-refractivity contribution in [2.75, 3.05) is 6.54 Å². The van der Waals surface area contributed by atoms with Crippen molar-refractivity contribution in [2.24, 2.45) is 7.05 Å². The molecular weight excluding hydrogens is 220 g/mol. The van der Waals surface area contributed by atoms with Crippen molar-refractivity contribution in [1.82, 2.24) is 20.4 Å². The summed E-state index contributed by atoms with van der Waals surface area (Å²) in [4.78, 5) is 11.4. The second kappa shape index (κ2) is 4.75. The van der Waals surface area contributed by atoms with E-state index in [0.29, 0.717) is 13.1 Å². The summed E-state index contributed by atoms with van der Waals surface area (Å²) < 4.78 is 1.69. The number of hydrogen-bond donors (Lipinski definition) is 3. The zero-order valence-corrected chi connectivity index (χ0v) is 9.94. The first kappa shape index (κ1) is 11.9. The van der Waals surface area contributed by atoms with Crippen LogP contribution in [-0.4, -0.2) is 33.1 Å². The number of amides is 2. The van der Waals surface area contributed by atoms with E-state index in [2.05, 4.69) is 15.7 Å². The molecule has 1 aliphatic carbocycles. The molecule has 0 atom stereocenters. The number of aliphatic hydroxyl groups is 1. The van der Waals surface area contributed by atoms with Gasteiger partial charge < -0.3 is 15.7 Å². The van der Waals surface area contributed by atoms with Crippen LogP contribution in [-0.2, 0) is 13.6 Å². The number of nitrogens with one attached hydrogen (secondary N) is 2. The quantitative estimate of drug-likeness (QED) is 0.698. The van der Waals surface area contributed by atoms with Crippen LogP contribution in [0, 0.1) is 0 Å². The third-order valence-electron chi connectivity index (χ3n) is 3.07. The van der Waals surface area contributed by atoms with Gasteiger partial charge in [-0.25, -0.2) is 4.79 Å². The van der Waals surface area contributed by atoms with Crippen LogP contribution in [0.5, 0.6) is 0 Å². The van der Waals surface area contributed by atoms with E-state index >= 15 is 0 Å². The van der Waals surface area contributed by atoms with Gasteiger partial charge in [0, 0.05) is 31.9 Å². The molecule has 1 aromatic heterocycles. The Kier molecular flexibility index (Phi) is 3.33. The van der Waals surface area contributed by atoms with Crippen LogP contribution in [0.25, 0.3) is 0 Å². The molecule has 2 rings (SSSR count). The maximum absolute atomic E-state index is 11.4. The van der Waals surface area contributed by atoms with Gasteiger partial charge in [0.25, 0.3) is 0 Å². The van der Waals surface area contributed by atoms with Gasteiger partial charge in [-0.2, -0.15) is 5.10 Å². The lowest BCUT2D eigenvalue weighted by Crippen LogP contribution is -2.49. The zero-order chi connectivity index (χ0) is 12.3. The molecule has 0 aromatic carbocycles. The summed E-state index contributed by atoms with van der Waals surface area (Å²) in [6.45, 7) is 0.768. The number of hydrogen-bond acceptors (Lipinski definition) is 3. The predicted octanol–water partition coefficient (Wildman–Crippen LogP) is 0.134. The number of aromatic nitrogens is 2. The first-order chi connectivity index (χ1) is 8.07. The van der Waals surface area contributed by atoms with Crippen LogP contribution >= 0.6 is 0 Å². The highest BCUT2D eigenvalue weighted by Gasteiger charge is 2.34. The second-order valence-corrected chi connectivity index (χ2v) is 4.64. The van der Waals surface area contributed by atoms with Gasteiger partial charge in [0.2, 0.25) is 0 Å². The van der Waals surface area contributed by atoms with Crippen molar-refractivity contribution in [2.45, 2.75) is 31.4 Å². The molecule has 6 heteroatoms. The molecular formula is C11H18N4O2. The summed E-state index contributed by atoms with van der Waals surface area (Å²) in [6.07, 6.45) is 6.14. The van der Waals surface area contributed by atoms with Crippen LogP contribution in [0.3, 0.4) is 0 Å². The highest BCUT2D eigenvalue weighted by atomic mass is 16.3. The average Bonchev–Trinajstić information content (AvgIpc) is 2.67. The first-order valence-electron chi connectivity index (χ1n) is 5.79. The topological polar surface area (TPSA) is 79.2 Å². The van der Waals surface area contributed by atoms with E-state index < -0.39 is 5.60 Å². The normalized spacial score (nSPS) is 17.3. The number of carbonyl (C=O) groups excluding carboxylic acids is 1. The first-order valence-corrected chi connectivity index (χ1v) is 5.79. The maximum Gasteiger partial charge on any atom is 0.315 e. The molecule has 0 aliphatic heterocycles. The summed E-state index contributed by atoms with van der Waals surface area (Å²) >= 11 is 0. The molecule has 1 aliphatic rings. The molecule has 1 heterocycles. The standard InChI is InChI=1S/C11H18N4O2/c1-15-7-9(6-14-15)5-12-10(16)13-8-11(17)3-2-4-11/h6-7,17H,2-5,8H2,1H3,(H2,12,13,16). The number of rotatable bonds is 4. The van der Waals surface area contributed by atoms with Gasteiger partial charge in [-0.05, 0) is 19.3 Å². The molecule has 1 saturated carbocycles. The molecule has 2 amide bonds. The van der Waals surface area contributed by atoms with E-state index in [1.54, 1.807) is 10.9 Å². The largest absolute Gasteiger partial charge is 0.388 e. The third-order valence-corrected chi connectivity index (χ3v) is 3.07. The molecule has 0 unspecified atom stereocenters. The van der Waals surface area contributed by atoms with Gasteiger partial charge in [-0.1, -0.05) is 0 Å². The van der Waals surface area contributed by atoms with Crippen molar-refractivity contribution < 1.29 is 9.90 Å².